The lowest BCUT2D eigenvalue weighted by atomic mass is 10.1. The number of rotatable bonds is 4. The first kappa shape index (κ1) is 16.0. The van der Waals surface area contributed by atoms with Gasteiger partial charge in [0.05, 0.1) is 12.5 Å². The fourth-order valence-electron chi connectivity index (χ4n) is 3.19. The minimum atomic E-state index is -0.543. The van der Waals surface area contributed by atoms with Gasteiger partial charge in [0.2, 0.25) is 11.8 Å². The lowest BCUT2D eigenvalue weighted by molar-refractivity contribution is -0.131. The Morgan fingerprint density at radius 2 is 2.09 bits per heavy atom. The third-order valence-corrected chi connectivity index (χ3v) is 4.54. The minimum Gasteiger partial charge on any atom is -0.389 e. The topological polar surface area (TPSA) is 72.9 Å². The van der Waals surface area contributed by atoms with Crippen LogP contribution in [0.5, 0.6) is 0 Å². The number of anilines is 1. The second kappa shape index (κ2) is 6.68. The van der Waals surface area contributed by atoms with E-state index in [0.717, 1.165) is 43.0 Å². The van der Waals surface area contributed by atoms with E-state index in [1.165, 1.54) is 0 Å². The van der Waals surface area contributed by atoms with Gasteiger partial charge in [-0.15, -0.1) is 0 Å². The molecular weight excluding hydrogens is 294 g/mol. The van der Waals surface area contributed by atoms with Crippen LogP contribution in [0.2, 0.25) is 0 Å². The van der Waals surface area contributed by atoms with Gasteiger partial charge in [-0.2, -0.15) is 0 Å². The van der Waals surface area contributed by atoms with E-state index in [4.69, 9.17) is 0 Å². The van der Waals surface area contributed by atoms with Crippen LogP contribution in [0.25, 0.3) is 0 Å². The predicted octanol–water partition coefficient (Wildman–Crippen LogP) is 0.451. The van der Waals surface area contributed by atoms with E-state index in [1.54, 1.807) is 11.8 Å². The molecule has 1 saturated heterocycles. The van der Waals surface area contributed by atoms with Gasteiger partial charge in [0.1, 0.15) is 0 Å². The van der Waals surface area contributed by atoms with Crippen LogP contribution in [0.4, 0.5) is 5.69 Å². The average molecular weight is 317 g/mol. The van der Waals surface area contributed by atoms with Crippen molar-refractivity contribution in [3.8, 4) is 0 Å². The Bertz CT molecular complexity index is 609. The first-order valence-corrected chi connectivity index (χ1v) is 8.16. The van der Waals surface area contributed by atoms with Crippen molar-refractivity contribution < 1.29 is 14.7 Å². The molecule has 2 amide bonds. The molecule has 124 valence electrons. The molecule has 23 heavy (non-hydrogen) atoms. The summed E-state index contributed by atoms with van der Waals surface area (Å²) >= 11 is 0. The van der Waals surface area contributed by atoms with Crippen molar-refractivity contribution in [2.75, 3.05) is 37.6 Å². The SMILES string of the molecule is CC(O)c1ccc2c(c1)CC(=O)N2CCC(=O)N1CCNCC1. The summed E-state index contributed by atoms with van der Waals surface area (Å²) in [6.07, 6.45) is 0.153. The zero-order valence-electron chi connectivity index (χ0n) is 13.4. The van der Waals surface area contributed by atoms with Crippen molar-refractivity contribution in [1.29, 1.82) is 0 Å². The Kier molecular flexibility index (Phi) is 4.63. The molecule has 1 atom stereocenters. The lowest BCUT2D eigenvalue weighted by Crippen LogP contribution is -2.47. The van der Waals surface area contributed by atoms with Crippen molar-refractivity contribution in [1.82, 2.24) is 10.2 Å². The first-order chi connectivity index (χ1) is 11.1. The Hall–Kier alpha value is -1.92. The summed E-state index contributed by atoms with van der Waals surface area (Å²) in [6, 6.07) is 5.60. The van der Waals surface area contributed by atoms with E-state index in [-0.39, 0.29) is 11.8 Å². The number of hydrogen-bond donors (Lipinski definition) is 2. The molecule has 0 aliphatic carbocycles. The van der Waals surface area contributed by atoms with Gasteiger partial charge in [-0.05, 0) is 24.1 Å². The number of carbonyl (C=O) groups excluding carboxylic acids is 2. The van der Waals surface area contributed by atoms with Gasteiger partial charge in [-0.25, -0.2) is 0 Å². The van der Waals surface area contributed by atoms with E-state index >= 15 is 0 Å². The highest BCUT2D eigenvalue weighted by Gasteiger charge is 2.28. The van der Waals surface area contributed by atoms with Gasteiger partial charge in [0.25, 0.3) is 0 Å². The summed E-state index contributed by atoms with van der Waals surface area (Å²) in [4.78, 5) is 28.0. The Morgan fingerprint density at radius 3 is 2.78 bits per heavy atom. The normalized spacial score (nSPS) is 19.0. The second-order valence-corrected chi connectivity index (χ2v) is 6.17. The number of piperazine rings is 1. The maximum absolute atomic E-state index is 12.2. The Labute approximate surface area is 136 Å². The molecule has 1 aromatic rings. The number of aliphatic hydroxyl groups is 1. The summed E-state index contributed by atoms with van der Waals surface area (Å²) < 4.78 is 0. The van der Waals surface area contributed by atoms with E-state index in [0.29, 0.717) is 19.4 Å². The number of carbonyl (C=O) groups is 2. The third kappa shape index (κ3) is 3.38. The number of nitrogens with zero attached hydrogens (tertiary/aromatic N) is 2. The molecule has 2 N–H and O–H groups in total. The number of amides is 2. The molecule has 1 fully saturated rings. The van der Waals surface area contributed by atoms with E-state index in [2.05, 4.69) is 5.32 Å². The van der Waals surface area contributed by atoms with Gasteiger partial charge < -0.3 is 20.2 Å². The van der Waals surface area contributed by atoms with Gasteiger partial charge in [0, 0.05) is 44.8 Å². The highest BCUT2D eigenvalue weighted by atomic mass is 16.3. The molecule has 2 aliphatic heterocycles. The molecule has 6 heteroatoms. The monoisotopic (exact) mass is 317 g/mol. The maximum atomic E-state index is 12.2. The summed E-state index contributed by atoms with van der Waals surface area (Å²) in [6.45, 7) is 5.27. The fourth-order valence-corrected chi connectivity index (χ4v) is 3.19. The van der Waals surface area contributed by atoms with Gasteiger partial charge in [-0.3, -0.25) is 9.59 Å². The van der Waals surface area contributed by atoms with Gasteiger partial charge >= 0.3 is 0 Å². The molecule has 0 saturated carbocycles. The zero-order chi connectivity index (χ0) is 16.4. The van der Waals surface area contributed by atoms with Gasteiger partial charge in [0.15, 0.2) is 0 Å². The van der Waals surface area contributed by atoms with Crippen molar-refractivity contribution in [2.45, 2.75) is 25.9 Å². The molecule has 0 radical (unpaired) electrons. The summed E-state index contributed by atoms with van der Waals surface area (Å²) in [5.41, 5.74) is 2.62. The molecule has 2 heterocycles. The fraction of sp³-hybridized carbons (Fsp3) is 0.529. The summed E-state index contributed by atoms with van der Waals surface area (Å²) in [5, 5.41) is 12.9. The van der Waals surface area contributed by atoms with Crippen molar-refractivity contribution in [3.05, 3.63) is 29.3 Å². The maximum Gasteiger partial charge on any atom is 0.231 e. The first-order valence-electron chi connectivity index (χ1n) is 8.16. The quantitative estimate of drug-likeness (QED) is 0.846. The molecule has 6 nitrogen and oxygen atoms in total. The summed E-state index contributed by atoms with van der Waals surface area (Å²) in [5.74, 6) is 0.129. The van der Waals surface area contributed by atoms with Crippen LogP contribution >= 0.6 is 0 Å². The Balaban J connectivity index is 1.65. The lowest BCUT2D eigenvalue weighted by Gasteiger charge is -2.28. The average Bonchev–Trinajstić information content (AvgIpc) is 2.87. The highest BCUT2D eigenvalue weighted by molar-refractivity contribution is 6.01. The van der Waals surface area contributed by atoms with Crippen LogP contribution in [-0.2, 0) is 16.0 Å². The predicted molar refractivity (Wildman–Crippen MR) is 87.2 cm³/mol. The van der Waals surface area contributed by atoms with Crippen LogP contribution in [-0.4, -0.2) is 54.5 Å². The Morgan fingerprint density at radius 1 is 1.35 bits per heavy atom. The van der Waals surface area contributed by atoms with Crippen molar-refractivity contribution in [3.63, 3.8) is 0 Å². The van der Waals surface area contributed by atoms with E-state index in [1.807, 2.05) is 23.1 Å². The zero-order valence-corrected chi connectivity index (χ0v) is 13.4. The number of benzene rings is 1. The molecule has 0 bridgehead atoms. The molecule has 1 aromatic carbocycles. The number of aliphatic hydroxyl groups excluding tert-OH is 1. The van der Waals surface area contributed by atoms with Crippen LogP contribution in [0.3, 0.4) is 0 Å². The number of nitrogens with one attached hydrogen (secondary N) is 1. The van der Waals surface area contributed by atoms with E-state index < -0.39 is 6.10 Å². The molecule has 0 spiro atoms. The smallest absolute Gasteiger partial charge is 0.231 e. The third-order valence-electron chi connectivity index (χ3n) is 4.54. The standard InChI is InChI=1S/C17H23N3O3/c1-12(21)13-2-3-15-14(10-13)11-17(23)20(15)7-4-16(22)19-8-5-18-6-9-19/h2-3,10,12,18,21H,4-9,11H2,1H3. The van der Waals surface area contributed by atoms with Crippen LogP contribution in [0.15, 0.2) is 18.2 Å². The van der Waals surface area contributed by atoms with E-state index in [9.17, 15) is 14.7 Å². The highest BCUT2D eigenvalue weighted by Crippen LogP contribution is 2.31. The number of fused-ring (bicyclic) bond motifs is 1. The van der Waals surface area contributed by atoms with Crippen LogP contribution in [0.1, 0.15) is 30.6 Å². The minimum absolute atomic E-state index is 0.0239. The second-order valence-electron chi connectivity index (χ2n) is 6.17. The molecule has 1 unspecified atom stereocenters. The van der Waals surface area contributed by atoms with Crippen molar-refractivity contribution >= 4 is 17.5 Å². The number of hydrogen-bond acceptors (Lipinski definition) is 4. The summed E-state index contributed by atoms with van der Waals surface area (Å²) in [7, 11) is 0. The van der Waals surface area contributed by atoms with Crippen LogP contribution in [0, 0.1) is 0 Å². The molecular formula is C17H23N3O3. The molecule has 0 aromatic heterocycles. The molecule has 3 rings (SSSR count). The molecule has 2 aliphatic rings. The van der Waals surface area contributed by atoms with Crippen molar-refractivity contribution in [2.24, 2.45) is 0 Å². The van der Waals surface area contributed by atoms with Crippen LogP contribution < -0.4 is 10.2 Å². The van der Waals surface area contributed by atoms with Gasteiger partial charge in [-0.1, -0.05) is 12.1 Å². The largest absolute Gasteiger partial charge is 0.389 e.